The zero-order valence-electron chi connectivity index (χ0n) is 10.2. The number of ether oxygens (including phenoxy) is 1. The van der Waals surface area contributed by atoms with Crippen molar-refractivity contribution < 1.29 is 13.5 Å². The Balaban J connectivity index is 1.71. The van der Waals surface area contributed by atoms with Crippen molar-refractivity contribution in [1.82, 2.24) is 5.32 Å². The SMILES string of the molecule is Fc1cccc(OC2CC3CCCC(C2)N3)c1F. The molecule has 0 aliphatic carbocycles. The van der Waals surface area contributed by atoms with Gasteiger partial charge in [-0.3, -0.25) is 0 Å². The van der Waals surface area contributed by atoms with Crippen molar-refractivity contribution in [2.45, 2.75) is 50.3 Å². The van der Waals surface area contributed by atoms with Crippen molar-refractivity contribution in [3.63, 3.8) is 0 Å². The molecular weight excluding hydrogens is 236 g/mol. The van der Waals surface area contributed by atoms with E-state index in [1.807, 2.05) is 0 Å². The molecule has 2 heterocycles. The van der Waals surface area contributed by atoms with Crippen LogP contribution >= 0.6 is 0 Å². The van der Waals surface area contributed by atoms with Gasteiger partial charge in [0.25, 0.3) is 0 Å². The Labute approximate surface area is 105 Å². The lowest BCUT2D eigenvalue weighted by Gasteiger charge is -2.40. The fourth-order valence-electron chi connectivity index (χ4n) is 3.06. The van der Waals surface area contributed by atoms with Crippen LogP contribution in [0, 0.1) is 11.6 Å². The average Bonchev–Trinajstić information content (AvgIpc) is 2.35. The molecule has 2 fully saturated rings. The first-order valence-electron chi connectivity index (χ1n) is 6.59. The van der Waals surface area contributed by atoms with Crippen LogP contribution in [0.15, 0.2) is 18.2 Å². The highest BCUT2D eigenvalue weighted by molar-refractivity contribution is 5.25. The summed E-state index contributed by atoms with van der Waals surface area (Å²) in [5, 5.41) is 3.55. The predicted molar refractivity (Wildman–Crippen MR) is 64.6 cm³/mol. The minimum atomic E-state index is -0.874. The second-order valence-corrected chi connectivity index (χ2v) is 5.25. The highest BCUT2D eigenvalue weighted by Crippen LogP contribution is 2.29. The van der Waals surface area contributed by atoms with Gasteiger partial charge < -0.3 is 10.1 Å². The zero-order chi connectivity index (χ0) is 12.5. The average molecular weight is 253 g/mol. The van der Waals surface area contributed by atoms with Gasteiger partial charge in [0.15, 0.2) is 11.6 Å². The Morgan fingerprint density at radius 1 is 1.11 bits per heavy atom. The number of nitrogens with one attached hydrogen (secondary N) is 1. The number of benzene rings is 1. The van der Waals surface area contributed by atoms with Gasteiger partial charge in [0, 0.05) is 12.1 Å². The van der Waals surface area contributed by atoms with E-state index in [1.54, 1.807) is 0 Å². The molecule has 3 rings (SSSR count). The molecule has 2 aliphatic heterocycles. The van der Waals surface area contributed by atoms with Crippen LogP contribution in [0.5, 0.6) is 5.75 Å². The minimum Gasteiger partial charge on any atom is -0.487 e. The molecule has 2 saturated heterocycles. The quantitative estimate of drug-likeness (QED) is 0.874. The second-order valence-electron chi connectivity index (χ2n) is 5.25. The largest absolute Gasteiger partial charge is 0.487 e. The third-order valence-corrected chi connectivity index (χ3v) is 3.88. The first-order chi connectivity index (χ1) is 8.72. The Bertz CT molecular complexity index is 426. The molecule has 2 aliphatic rings. The molecule has 1 N–H and O–H groups in total. The highest BCUT2D eigenvalue weighted by atomic mass is 19.2. The van der Waals surface area contributed by atoms with Crippen molar-refractivity contribution in [3.8, 4) is 5.75 Å². The number of piperidine rings is 2. The zero-order valence-corrected chi connectivity index (χ0v) is 10.2. The molecular formula is C14H17F2NO. The van der Waals surface area contributed by atoms with Gasteiger partial charge in [-0.25, -0.2) is 4.39 Å². The van der Waals surface area contributed by atoms with Crippen molar-refractivity contribution in [2.24, 2.45) is 0 Å². The molecule has 0 aromatic heterocycles. The van der Waals surface area contributed by atoms with Crippen LogP contribution in [-0.4, -0.2) is 18.2 Å². The molecule has 1 aromatic carbocycles. The van der Waals surface area contributed by atoms with E-state index < -0.39 is 11.6 Å². The van der Waals surface area contributed by atoms with Gasteiger partial charge in [-0.1, -0.05) is 12.5 Å². The molecule has 4 heteroatoms. The summed E-state index contributed by atoms with van der Waals surface area (Å²) >= 11 is 0. The van der Waals surface area contributed by atoms with E-state index in [0.717, 1.165) is 31.7 Å². The number of fused-ring (bicyclic) bond motifs is 2. The molecule has 2 atom stereocenters. The molecule has 2 bridgehead atoms. The minimum absolute atomic E-state index is 0.00199. The molecule has 2 unspecified atom stereocenters. The monoisotopic (exact) mass is 253 g/mol. The third-order valence-electron chi connectivity index (χ3n) is 3.88. The lowest BCUT2D eigenvalue weighted by Crippen LogP contribution is -2.51. The number of halogens is 2. The summed E-state index contributed by atoms with van der Waals surface area (Å²) in [6.07, 6.45) is 5.32. The normalized spacial score (nSPS) is 31.1. The number of hydrogen-bond donors (Lipinski definition) is 1. The van der Waals surface area contributed by atoms with Crippen molar-refractivity contribution in [2.75, 3.05) is 0 Å². The Hall–Kier alpha value is -1.16. The fourth-order valence-corrected chi connectivity index (χ4v) is 3.06. The predicted octanol–water partition coefficient (Wildman–Crippen LogP) is 3.02. The third kappa shape index (κ3) is 2.34. The van der Waals surface area contributed by atoms with E-state index in [1.165, 1.54) is 18.6 Å². The summed E-state index contributed by atoms with van der Waals surface area (Å²) in [7, 11) is 0. The highest BCUT2D eigenvalue weighted by Gasteiger charge is 2.32. The van der Waals surface area contributed by atoms with Gasteiger partial charge >= 0.3 is 0 Å². The second kappa shape index (κ2) is 4.84. The van der Waals surface area contributed by atoms with E-state index in [0.29, 0.717) is 12.1 Å². The molecule has 0 amide bonds. The summed E-state index contributed by atoms with van der Waals surface area (Å²) in [4.78, 5) is 0. The van der Waals surface area contributed by atoms with Gasteiger partial charge in [0.05, 0.1) is 0 Å². The van der Waals surface area contributed by atoms with Crippen LogP contribution in [0.25, 0.3) is 0 Å². The standard InChI is InChI=1S/C14H17F2NO/c15-12-5-2-6-13(14(12)16)18-11-7-9-3-1-4-10(8-11)17-9/h2,5-6,9-11,17H,1,3-4,7-8H2. The van der Waals surface area contributed by atoms with E-state index in [2.05, 4.69) is 5.32 Å². The summed E-state index contributed by atoms with van der Waals surface area (Å²) in [6.45, 7) is 0. The lowest BCUT2D eigenvalue weighted by atomic mass is 9.85. The summed E-state index contributed by atoms with van der Waals surface area (Å²) < 4.78 is 32.3. The van der Waals surface area contributed by atoms with Crippen molar-refractivity contribution >= 4 is 0 Å². The maximum absolute atomic E-state index is 13.5. The first kappa shape index (κ1) is 11.9. The maximum Gasteiger partial charge on any atom is 0.200 e. The van der Waals surface area contributed by atoms with Gasteiger partial charge in [0.2, 0.25) is 5.82 Å². The number of hydrogen-bond acceptors (Lipinski definition) is 2. The fraction of sp³-hybridized carbons (Fsp3) is 0.571. The van der Waals surface area contributed by atoms with E-state index in [4.69, 9.17) is 4.74 Å². The topological polar surface area (TPSA) is 21.3 Å². The molecule has 2 nitrogen and oxygen atoms in total. The van der Waals surface area contributed by atoms with Gasteiger partial charge in [-0.15, -0.1) is 0 Å². The van der Waals surface area contributed by atoms with E-state index >= 15 is 0 Å². The van der Waals surface area contributed by atoms with Crippen molar-refractivity contribution in [3.05, 3.63) is 29.8 Å². The summed E-state index contributed by atoms with van der Waals surface area (Å²) in [5.41, 5.74) is 0. The molecule has 98 valence electrons. The van der Waals surface area contributed by atoms with Crippen LogP contribution in [0.2, 0.25) is 0 Å². The molecule has 0 saturated carbocycles. The molecule has 0 spiro atoms. The lowest BCUT2D eigenvalue weighted by molar-refractivity contribution is 0.0886. The van der Waals surface area contributed by atoms with Crippen LogP contribution in [0.4, 0.5) is 8.78 Å². The van der Waals surface area contributed by atoms with Gasteiger partial charge in [0.1, 0.15) is 6.10 Å². The Morgan fingerprint density at radius 2 is 1.83 bits per heavy atom. The van der Waals surface area contributed by atoms with E-state index in [9.17, 15) is 8.78 Å². The molecule has 1 aromatic rings. The van der Waals surface area contributed by atoms with Gasteiger partial charge in [-0.05, 0) is 37.8 Å². The Morgan fingerprint density at radius 3 is 2.56 bits per heavy atom. The maximum atomic E-state index is 13.5. The van der Waals surface area contributed by atoms with Crippen LogP contribution in [0.1, 0.15) is 32.1 Å². The van der Waals surface area contributed by atoms with Crippen LogP contribution in [0.3, 0.4) is 0 Å². The van der Waals surface area contributed by atoms with Crippen LogP contribution < -0.4 is 10.1 Å². The van der Waals surface area contributed by atoms with E-state index in [-0.39, 0.29) is 11.9 Å². The van der Waals surface area contributed by atoms with Crippen LogP contribution in [-0.2, 0) is 0 Å². The molecule has 18 heavy (non-hydrogen) atoms. The Kier molecular flexibility index (Phi) is 3.20. The number of rotatable bonds is 2. The summed E-state index contributed by atoms with van der Waals surface area (Å²) in [6, 6.07) is 5.03. The van der Waals surface area contributed by atoms with Crippen molar-refractivity contribution in [1.29, 1.82) is 0 Å². The summed E-state index contributed by atoms with van der Waals surface area (Å²) in [5.74, 6) is -1.68. The smallest absolute Gasteiger partial charge is 0.200 e. The van der Waals surface area contributed by atoms with Gasteiger partial charge in [-0.2, -0.15) is 4.39 Å². The first-order valence-corrected chi connectivity index (χ1v) is 6.59. The molecule has 0 radical (unpaired) electrons.